The van der Waals surface area contributed by atoms with Crippen LogP contribution < -0.4 is 10.2 Å². The summed E-state index contributed by atoms with van der Waals surface area (Å²) in [6.07, 6.45) is 8.22. The molecule has 5 fully saturated rings. The number of nitrogens with zero attached hydrogens (tertiary/aromatic N) is 2. The van der Waals surface area contributed by atoms with Crippen molar-refractivity contribution in [1.29, 1.82) is 0 Å². The Morgan fingerprint density at radius 2 is 1.61 bits per heavy atom. The van der Waals surface area contributed by atoms with Crippen molar-refractivity contribution in [2.75, 3.05) is 18.0 Å². The highest BCUT2D eigenvalue weighted by molar-refractivity contribution is 5.79. The van der Waals surface area contributed by atoms with E-state index in [9.17, 15) is 14.9 Å². The van der Waals surface area contributed by atoms with Gasteiger partial charge in [-0.15, -0.1) is 0 Å². The zero-order valence-electron chi connectivity index (χ0n) is 16.3. The fraction of sp³-hybridized carbons (Fsp3) is 0.682. The topological polar surface area (TPSA) is 75.5 Å². The Morgan fingerprint density at radius 3 is 2.21 bits per heavy atom. The van der Waals surface area contributed by atoms with E-state index in [0.717, 1.165) is 24.7 Å². The minimum Gasteiger partial charge on any atom is -0.366 e. The molecule has 1 heterocycles. The van der Waals surface area contributed by atoms with Crippen LogP contribution in [0.1, 0.15) is 44.9 Å². The molecule has 4 saturated carbocycles. The van der Waals surface area contributed by atoms with E-state index in [1.54, 1.807) is 12.1 Å². The number of nitro groups is 1. The number of hydrogen-bond donors (Lipinski definition) is 1. The van der Waals surface area contributed by atoms with Crippen molar-refractivity contribution in [3.8, 4) is 0 Å². The lowest BCUT2D eigenvalue weighted by atomic mass is 9.54. The van der Waals surface area contributed by atoms with E-state index >= 15 is 0 Å². The summed E-state index contributed by atoms with van der Waals surface area (Å²) in [7, 11) is 0. The molecule has 4 aliphatic carbocycles. The molecule has 1 amide bonds. The number of anilines is 1. The van der Waals surface area contributed by atoms with Gasteiger partial charge in [0.05, 0.1) is 4.92 Å². The Bertz CT molecular complexity index is 744. The predicted molar refractivity (Wildman–Crippen MR) is 107 cm³/mol. The number of nitrogens with one attached hydrogen (secondary N) is 1. The van der Waals surface area contributed by atoms with Crippen LogP contribution in [0, 0.1) is 39.7 Å². The first-order chi connectivity index (χ1) is 13.6. The second-order valence-corrected chi connectivity index (χ2v) is 9.47. The van der Waals surface area contributed by atoms with Crippen molar-refractivity contribution < 1.29 is 9.72 Å². The van der Waals surface area contributed by atoms with Gasteiger partial charge in [-0.05, 0) is 74.7 Å². The Morgan fingerprint density at radius 1 is 1.00 bits per heavy atom. The summed E-state index contributed by atoms with van der Waals surface area (Å²) in [5, 5.41) is 14.7. The highest BCUT2D eigenvalue weighted by Gasteiger charge is 2.49. The normalized spacial score (nSPS) is 34.4. The molecule has 1 saturated heterocycles. The zero-order valence-corrected chi connectivity index (χ0v) is 16.3. The predicted octanol–water partition coefficient (Wildman–Crippen LogP) is 3.75. The first-order valence-electron chi connectivity index (χ1n) is 10.9. The smallest absolute Gasteiger partial charge is 0.292 e. The van der Waals surface area contributed by atoms with Crippen molar-refractivity contribution in [1.82, 2.24) is 5.32 Å². The fourth-order valence-electron chi connectivity index (χ4n) is 6.71. The first-order valence-corrected chi connectivity index (χ1v) is 10.9. The maximum Gasteiger partial charge on any atom is 0.292 e. The van der Waals surface area contributed by atoms with Crippen LogP contribution in [0.5, 0.6) is 0 Å². The number of amides is 1. The largest absolute Gasteiger partial charge is 0.366 e. The van der Waals surface area contributed by atoms with Gasteiger partial charge in [-0.25, -0.2) is 0 Å². The third-order valence-corrected chi connectivity index (χ3v) is 7.82. The van der Waals surface area contributed by atoms with Crippen LogP contribution in [-0.4, -0.2) is 30.0 Å². The van der Waals surface area contributed by atoms with Gasteiger partial charge < -0.3 is 10.2 Å². The molecule has 4 bridgehead atoms. The van der Waals surface area contributed by atoms with Gasteiger partial charge in [-0.2, -0.15) is 0 Å². The maximum absolute atomic E-state index is 13.0. The molecule has 1 aliphatic heterocycles. The molecule has 6 nitrogen and oxygen atoms in total. The fourth-order valence-corrected chi connectivity index (χ4v) is 6.71. The number of piperidine rings is 1. The van der Waals surface area contributed by atoms with Crippen LogP contribution >= 0.6 is 0 Å². The summed E-state index contributed by atoms with van der Waals surface area (Å²) in [6.45, 7) is 1.40. The van der Waals surface area contributed by atoms with E-state index in [1.807, 2.05) is 12.1 Å². The molecular formula is C22H29N3O3. The van der Waals surface area contributed by atoms with Crippen LogP contribution in [0.3, 0.4) is 0 Å². The van der Waals surface area contributed by atoms with Crippen LogP contribution in [0.15, 0.2) is 24.3 Å². The lowest BCUT2D eigenvalue weighted by Gasteiger charge is -2.54. The molecule has 0 radical (unpaired) electrons. The Balaban J connectivity index is 1.19. The van der Waals surface area contributed by atoms with E-state index in [-0.39, 0.29) is 22.4 Å². The molecule has 0 spiro atoms. The van der Waals surface area contributed by atoms with E-state index in [0.29, 0.717) is 36.7 Å². The van der Waals surface area contributed by atoms with E-state index in [1.165, 1.54) is 32.1 Å². The van der Waals surface area contributed by atoms with E-state index in [2.05, 4.69) is 10.2 Å². The van der Waals surface area contributed by atoms with Crippen LogP contribution in [-0.2, 0) is 4.79 Å². The van der Waals surface area contributed by atoms with Gasteiger partial charge >= 0.3 is 0 Å². The summed E-state index contributed by atoms with van der Waals surface area (Å²) in [5.41, 5.74) is 0.825. The second kappa shape index (κ2) is 7.05. The standard InChI is InChI=1S/C22H29N3O3/c26-22(23-21-17-10-14-9-15(12-17)13-18(21)11-14)16-5-7-24(8-6-16)19-3-1-2-4-20(19)25(27)28/h1-4,14-18,21H,5-13H2,(H,23,26). The third kappa shape index (κ3) is 3.16. The second-order valence-electron chi connectivity index (χ2n) is 9.47. The Labute approximate surface area is 165 Å². The van der Waals surface area contributed by atoms with E-state index < -0.39 is 0 Å². The molecule has 1 aromatic carbocycles. The SMILES string of the molecule is O=C(NC1C2CC3CC(C2)CC1C3)C1CCN(c2ccccc2[N+](=O)[O-])CC1. The van der Waals surface area contributed by atoms with Gasteiger partial charge in [0.15, 0.2) is 0 Å². The molecule has 0 aromatic heterocycles. The van der Waals surface area contributed by atoms with Crippen LogP contribution in [0.2, 0.25) is 0 Å². The number of benzene rings is 1. The number of rotatable bonds is 4. The number of nitro benzene ring substituents is 1. The average Bonchev–Trinajstić information content (AvgIpc) is 2.70. The van der Waals surface area contributed by atoms with Crippen molar-refractivity contribution in [2.24, 2.45) is 29.6 Å². The Kier molecular flexibility index (Phi) is 4.52. The highest BCUT2D eigenvalue weighted by Crippen LogP contribution is 2.53. The minimum atomic E-state index is -0.319. The molecule has 6 heteroatoms. The first kappa shape index (κ1) is 18.0. The summed E-state index contributed by atoms with van der Waals surface area (Å²) in [6, 6.07) is 7.31. The molecule has 6 rings (SSSR count). The quantitative estimate of drug-likeness (QED) is 0.635. The van der Waals surface area contributed by atoms with Crippen molar-refractivity contribution in [3.63, 3.8) is 0 Å². The maximum atomic E-state index is 13.0. The van der Waals surface area contributed by atoms with Gasteiger partial charge in [0.2, 0.25) is 5.91 Å². The molecule has 5 aliphatic rings. The molecule has 1 N–H and O–H groups in total. The third-order valence-electron chi connectivity index (χ3n) is 7.82. The minimum absolute atomic E-state index is 0.0382. The number of carbonyl (C=O) groups excluding carboxylic acids is 1. The molecule has 28 heavy (non-hydrogen) atoms. The van der Waals surface area contributed by atoms with Gasteiger partial charge in [0.1, 0.15) is 5.69 Å². The molecule has 0 atom stereocenters. The molecule has 1 aromatic rings. The monoisotopic (exact) mass is 383 g/mol. The van der Waals surface area contributed by atoms with Gasteiger partial charge in [0.25, 0.3) is 5.69 Å². The lowest BCUT2D eigenvalue weighted by molar-refractivity contribution is -0.384. The molecular weight excluding hydrogens is 354 g/mol. The summed E-state index contributed by atoms with van der Waals surface area (Å²) >= 11 is 0. The van der Waals surface area contributed by atoms with Gasteiger partial charge in [-0.3, -0.25) is 14.9 Å². The number of para-hydroxylation sites is 2. The zero-order chi connectivity index (χ0) is 19.3. The summed E-state index contributed by atoms with van der Waals surface area (Å²) in [5.74, 6) is 3.50. The van der Waals surface area contributed by atoms with Gasteiger partial charge in [-0.1, -0.05) is 12.1 Å². The van der Waals surface area contributed by atoms with Crippen molar-refractivity contribution >= 4 is 17.3 Å². The summed E-state index contributed by atoms with van der Waals surface area (Å²) < 4.78 is 0. The van der Waals surface area contributed by atoms with E-state index in [4.69, 9.17) is 0 Å². The van der Waals surface area contributed by atoms with Crippen LogP contribution in [0.4, 0.5) is 11.4 Å². The molecule has 0 unspecified atom stereocenters. The number of hydrogen-bond acceptors (Lipinski definition) is 4. The lowest BCUT2D eigenvalue weighted by Crippen LogP contribution is -2.57. The highest BCUT2D eigenvalue weighted by atomic mass is 16.6. The van der Waals surface area contributed by atoms with Gasteiger partial charge in [0, 0.05) is 31.1 Å². The van der Waals surface area contributed by atoms with Crippen LogP contribution in [0.25, 0.3) is 0 Å². The van der Waals surface area contributed by atoms with Crippen molar-refractivity contribution in [2.45, 2.75) is 51.0 Å². The summed E-state index contributed by atoms with van der Waals surface area (Å²) in [4.78, 5) is 26.0. The molecule has 150 valence electrons. The van der Waals surface area contributed by atoms with Crippen molar-refractivity contribution in [3.05, 3.63) is 34.4 Å². The Hall–Kier alpha value is -2.11. The average molecular weight is 383 g/mol. The number of carbonyl (C=O) groups is 1.